The molecule has 0 saturated carbocycles. The van der Waals surface area contributed by atoms with Gasteiger partial charge in [0.15, 0.2) is 6.29 Å². The average Bonchev–Trinajstić information content (AvgIpc) is 2.88. The van der Waals surface area contributed by atoms with Crippen LogP contribution in [0.5, 0.6) is 0 Å². The number of hydrogen-bond acceptors (Lipinski definition) is 8. The van der Waals surface area contributed by atoms with E-state index in [0.717, 1.165) is 65.9 Å². The zero-order chi connectivity index (χ0) is 25.8. The molecule has 0 aliphatic heterocycles. The number of nitrogens with zero attached hydrogens (tertiary/aromatic N) is 4. The van der Waals surface area contributed by atoms with Crippen LogP contribution in [-0.4, -0.2) is 47.3 Å². The van der Waals surface area contributed by atoms with Crippen molar-refractivity contribution in [2.45, 2.75) is 52.2 Å². The maximum absolute atomic E-state index is 12.8. The van der Waals surface area contributed by atoms with Crippen LogP contribution in [0.4, 0.5) is 10.3 Å². The van der Waals surface area contributed by atoms with Gasteiger partial charge in [-0.05, 0) is 56.4 Å². The summed E-state index contributed by atoms with van der Waals surface area (Å²) in [6.45, 7) is 4.85. The van der Waals surface area contributed by atoms with Crippen molar-refractivity contribution in [1.82, 2.24) is 15.0 Å². The Labute approximate surface area is 211 Å². The number of halogens is 1. The lowest BCUT2D eigenvalue weighted by molar-refractivity contribution is -0.137. The van der Waals surface area contributed by atoms with E-state index in [1.54, 1.807) is 25.6 Å². The first-order valence-corrected chi connectivity index (χ1v) is 12.1. The third-order valence-electron chi connectivity index (χ3n) is 5.56. The highest BCUT2D eigenvalue weighted by Crippen LogP contribution is 2.23. The number of nitrogens with two attached hydrogens (primary N) is 1. The van der Waals surface area contributed by atoms with Gasteiger partial charge in [0.05, 0.1) is 23.7 Å². The lowest BCUT2D eigenvalue weighted by atomic mass is 9.93. The fourth-order valence-electron chi connectivity index (χ4n) is 3.90. The number of pyridine rings is 1. The summed E-state index contributed by atoms with van der Waals surface area (Å²) >= 11 is 0. The molecule has 36 heavy (non-hydrogen) atoms. The van der Waals surface area contributed by atoms with Crippen LogP contribution in [-0.2, 0) is 20.7 Å². The molecule has 8 nitrogen and oxygen atoms in total. The molecular formula is C27H34FN5O3. The predicted molar refractivity (Wildman–Crippen MR) is 138 cm³/mol. The smallest absolute Gasteiger partial charge is 0.220 e. The van der Waals surface area contributed by atoms with Gasteiger partial charge in [-0.1, -0.05) is 36.7 Å². The Morgan fingerprint density at radius 3 is 2.67 bits per heavy atom. The van der Waals surface area contributed by atoms with E-state index in [9.17, 15) is 4.39 Å². The van der Waals surface area contributed by atoms with Crippen LogP contribution >= 0.6 is 0 Å². The Morgan fingerprint density at radius 1 is 1.11 bits per heavy atom. The number of fused-ring (bicyclic) bond motifs is 1. The standard InChI is InChI=1S/C16H26N4O3.C11H8FN/c1-4-6-14(21-3)22-9-10-23-20-13-8-5-7-12-15(13)11(2)18-16(17)19-12;12-11-5-1-3-9(7-11)10-4-2-6-13-8-10/h14H,4-10H2,1-3H3,(H2,17,18,19);1-8H/b20-13+;. The van der Waals surface area contributed by atoms with Crippen molar-refractivity contribution in [3.63, 3.8) is 0 Å². The summed E-state index contributed by atoms with van der Waals surface area (Å²) in [5.74, 6) is 0.0969. The molecule has 2 aromatic heterocycles. The fourth-order valence-corrected chi connectivity index (χ4v) is 3.90. The fraction of sp³-hybridized carbons (Fsp3) is 0.407. The molecule has 0 spiro atoms. The first-order chi connectivity index (χ1) is 17.5. The first kappa shape index (κ1) is 27.2. The molecule has 0 amide bonds. The zero-order valence-electron chi connectivity index (χ0n) is 21.1. The molecule has 9 heteroatoms. The third kappa shape index (κ3) is 8.07. The van der Waals surface area contributed by atoms with Crippen LogP contribution in [0.3, 0.4) is 0 Å². The number of aromatic nitrogens is 3. The van der Waals surface area contributed by atoms with Gasteiger partial charge in [-0.3, -0.25) is 4.98 Å². The maximum atomic E-state index is 12.8. The second-order valence-corrected chi connectivity index (χ2v) is 8.29. The molecule has 4 rings (SSSR count). The highest BCUT2D eigenvalue weighted by molar-refractivity contribution is 6.02. The summed E-state index contributed by atoms with van der Waals surface area (Å²) in [4.78, 5) is 17.9. The van der Waals surface area contributed by atoms with Gasteiger partial charge in [0.2, 0.25) is 5.95 Å². The van der Waals surface area contributed by atoms with Crippen LogP contribution in [0, 0.1) is 12.7 Å². The summed E-state index contributed by atoms with van der Waals surface area (Å²) in [5.41, 5.74) is 11.2. The van der Waals surface area contributed by atoms with Gasteiger partial charge in [-0.15, -0.1) is 0 Å². The Balaban J connectivity index is 0.000000233. The number of rotatable bonds is 9. The van der Waals surface area contributed by atoms with E-state index in [1.165, 1.54) is 12.1 Å². The summed E-state index contributed by atoms with van der Waals surface area (Å²) in [6, 6.07) is 10.2. The summed E-state index contributed by atoms with van der Waals surface area (Å²) in [7, 11) is 1.65. The van der Waals surface area contributed by atoms with E-state index < -0.39 is 0 Å². The van der Waals surface area contributed by atoms with Gasteiger partial charge in [0.1, 0.15) is 12.4 Å². The van der Waals surface area contributed by atoms with Gasteiger partial charge in [-0.25, -0.2) is 14.4 Å². The molecule has 0 saturated heterocycles. The Bertz CT molecular complexity index is 1130. The molecule has 0 radical (unpaired) electrons. The highest BCUT2D eigenvalue weighted by Gasteiger charge is 2.21. The number of ether oxygens (including phenoxy) is 2. The van der Waals surface area contributed by atoms with E-state index >= 15 is 0 Å². The average molecular weight is 496 g/mol. The summed E-state index contributed by atoms with van der Waals surface area (Å²) < 4.78 is 23.6. The number of benzene rings is 1. The van der Waals surface area contributed by atoms with Crippen molar-refractivity contribution in [2.75, 3.05) is 26.1 Å². The van der Waals surface area contributed by atoms with Crippen molar-refractivity contribution in [3.05, 3.63) is 71.6 Å². The third-order valence-corrected chi connectivity index (χ3v) is 5.56. The van der Waals surface area contributed by atoms with Crippen molar-refractivity contribution in [3.8, 4) is 11.1 Å². The number of hydrogen-bond donors (Lipinski definition) is 1. The maximum Gasteiger partial charge on any atom is 0.220 e. The highest BCUT2D eigenvalue weighted by atomic mass is 19.1. The van der Waals surface area contributed by atoms with Crippen LogP contribution in [0.2, 0.25) is 0 Å². The van der Waals surface area contributed by atoms with Crippen LogP contribution in [0.1, 0.15) is 49.6 Å². The minimum Gasteiger partial charge on any atom is -0.393 e. The second-order valence-electron chi connectivity index (χ2n) is 8.29. The molecule has 0 fully saturated rings. The molecule has 2 N–H and O–H groups in total. The van der Waals surface area contributed by atoms with Gasteiger partial charge in [-0.2, -0.15) is 0 Å². The molecule has 1 aliphatic rings. The molecule has 0 bridgehead atoms. The molecule has 2 heterocycles. The first-order valence-electron chi connectivity index (χ1n) is 12.1. The van der Waals surface area contributed by atoms with Crippen molar-refractivity contribution < 1.29 is 18.7 Å². The van der Waals surface area contributed by atoms with E-state index in [2.05, 4.69) is 27.0 Å². The van der Waals surface area contributed by atoms with Crippen molar-refractivity contribution in [2.24, 2.45) is 5.16 Å². The normalized spacial score (nSPS) is 14.5. The lowest BCUT2D eigenvalue weighted by Crippen LogP contribution is -2.19. The van der Waals surface area contributed by atoms with Gasteiger partial charge < -0.3 is 20.0 Å². The minimum absolute atomic E-state index is 0.176. The summed E-state index contributed by atoms with van der Waals surface area (Å²) in [5, 5.41) is 4.26. The Morgan fingerprint density at radius 2 is 1.94 bits per heavy atom. The van der Waals surface area contributed by atoms with E-state index in [4.69, 9.17) is 20.0 Å². The molecule has 3 aromatic rings. The summed E-state index contributed by atoms with van der Waals surface area (Å²) in [6.07, 6.45) is 7.87. The number of nitrogen functional groups attached to an aromatic ring is 1. The molecular weight excluding hydrogens is 461 g/mol. The monoisotopic (exact) mass is 495 g/mol. The van der Waals surface area contributed by atoms with Gasteiger partial charge in [0, 0.05) is 30.6 Å². The second kappa shape index (κ2) is 14.2. The minimum atomic E-state index is -0.221. The molecule has 192 valence electrons. The zero-order valence-corrected chi connectivity index (χ0v) is 21.1. The van der Waals surface area contributed by atoms with E-state index in [-0.39, 0.29) is 12.1 Å². The number of anilines is 1. The van der Waals surface area contributed by atoms with Crippen molar-refractivity contribution >= 4 is 11.7 Å². The quantitative estimate of drug-likeness (QED) is 0.250. The topological polar surface area (TPSA) is 105 Å². The SMILES string of the molecule is CCCC(OC)OCCO/N=C1\CCCc2nc(N)nc(C)c21.Fc1cccc(-c2cccnc2)c1. The Hall–Kier alpha value is -3.43. The molecule has 1 atom stereocenters. The van der Waals surface area contributed by atoms with Crippen LogP contribution in [0.15, 0.2) is 53.9 Å². The number of methoxy groups -OCH3 is 1. The molecule has 1 aliphatic carbocycles. The predicted octanol–water partition coefficient (Wildman–Crippen LogP) is 5.10. The Kier molecular flexibility index (Phi) is 10.7. The van der Waals surface area contributed by atoms with Crippen LogP contribution < -0.4 is 5.73 Å². The largest absolute Gasteiger partial charge is 0.393 e. The number of oxime groups is 1. The van der Waals surface area contributed by atoms with Gasteiger partial charge >= 0.3 is 0 Å². The van der Waals surface area contributed by atoms with Crippen molar-refractivity contribution in [1.29, 1.82) is 0 Å². The van der Waals surface area contributed by atoms with E-state index in [1.807, 2.05) is 25.1 Å². The van der Waals surface area contributed by atoms with Crippen LogP contribution in [0.25, 0.3) is 11.1 Å². The number of aryl methyl sites for hydroxylation is 2. The molecule has 1 unspecified atom stereocenters. The lowest BCUT2D eigenvalue weighted by Gasteiger charge is -2.18. The van der Waals surface area contributed by atoms with E-state index in [0.29, 0.717) is 19.2 Å². The molecule has 1 aromatic carbocycles. The van der Waals surface area contributed by atoms with Gasteiger partial charge in [0.25, 0.3) is 0 Å².